The number of ether oxygens (including phenoxy) is 1. The molecule has 0 saturated carbocycles. The summed E-state index contributed by atoms with van der Waals surface area (Å²) >= 11 is 4.74. The van der Waals surface area contributed by atoms with Gasteiger partial charge in [0.1, 0.15) is 6.54 Å². The molecule has 6 nitrogen and oxygen atoms in total. The number of hydrogen-bond acceptors (Lipinski definition) is 5. The average molecular weight is 484 g/mol. The number of aromatic nitrogens is 1. The number of nitrogens with zero attached hydrogens (tertiary/aromatic N) is 2. The number of hydrogen-bond donors (Lipinski definition) is 1. The number of benzene rings is 2. The monoisotopic (exact) mass is 483 g/mol. The van der Waals surface area contributed by atoms with Gasteiger partial charge in [-0.15, -0.1) is 0 Å². The molecule has 1 aromatic heterocycles. The standard InChI is InChI=1S/C22H18BrN3O3S/c1-13-9-15(23)7-8-17(13)24-22-25-21(28)19(30-22)10-14-11-26(12-20(27)29-2)18-6-4-3-5-16(14)18/h3-11H,12H2,1-2H3,(H,24,25,28)/b19-10-. The molecule has 152 valence electrons. The van der Waals surface area contributed by atoms with Crippen molar-refractivity contribution in [2.45, 2.75) is 13.5 Å². The second-order valence-corrected chi connectivity index (χ2v) is 8.66. The summed E-state index contributed by atoms with van der Waals surface area (Å²) in [5, 5.41) is 4.32. The Hall–Kier alpha value is -2.84. The molecule has 8 heteroatoms. The van der Waals surface area contributed by atoms with Gasteiger partial charge in [0.2, 0.25) is 0 Å². The minimum absolute atomic E-state index is 0.106. The predicted molar refractivity (Wildman–Crippen MR) is 124 cm³/mol. The van der Waals surface area contributed by atoms with Gasteiger partial charge in [0.05, 0.1) is 17.7 Å². The highest BCUT2D eigenvalue weighted by atomic mass is 79.9. The van der Waals surface area contributed by atoms with Crippen LogP contribution in [-0.2, 0) is 20.9 Å². The summed E-state index contributed by atoms with van der Waals surface area (Å²) in [5.41, 5.74) is 3.57. The van der Waals surface area contributed by atoms with Crippen molar-refractivity contribution in [1.82, 2.24) is 9.88 Å². The number of thioether (sulfide) groups is 1. The zero-order valence-corrected chi connectivity index (χ0v) is 18.7. The van der Waals surface area contributed by atoms with Crippen LogP contribution in [-0.4, -0.2) is 28.7 Å². The van der Waals surface area contributed by atoms with Crippen LogP contribution in [0.3, 0.4) is 0 Å². The third-order valence-electron chi connectivity index (χ3n) is 4.66. The Morgan fingerprint density at radius 2 is 2.10 bits per heavy atom. The molecule has 1 N–H and O–H groups in total. The van der Waals surface area contributed by atoms with Crippen LogP contribution in [0.25, 0.3) is 17.0 Å². The third kappa shape index (κ3) is 4.20. The first-order chi connectivity index (χ1) is 14.4. The largest absolute Gasteiger partial charge is 0.468 e. The first kappa shape index (κ1) is 20.4. The number of rotatable bonds is 4. The normalized spacial score (nSPS) is 16.4. The Balaban J connectivity index is 1.67. The van der Waals surface area contributed by atoms with Crippen molar-refractivity contribution in [3.8, 4) is 0 Å². The third-order valence-corrected chi connectivity index (χ3v) is 6.07. The molecule has 3 aromatic rings. The van der Waals surface area contributed by atoms with Gasteiger partial charge in [0, 0.05) is 27.1 Å². The van der Waals surface area contributed by atoms with E-state index in [9.17, 15) is 9.59 Å². The highest BCUT2D eigenvalue weighted by Gasteiger charge is 2.24. The summed E-state index contributed by atoms with van der Waals surface area (Å²) in [5.74, 6) is -0.527. The molecule has 2 aromatic carbocycles. The zero-order chi connectivity index (χ0) is 21.3. The van der Waals surface area contributed by atoms with Gasteiger partial charge in [-0.25, -0.2) is 4.99 Å². The number of halogens is 1. The Labute approximate surface area is 186 Å². The van der Waals surface area contributed by atoms with Crippen molar-refractivity contribution >= 4 is 67.4 Å². The summed E-state index contributed by atoms with van der Waals surface area (Å²) in [4.78, 5) is 29.4. The topological polar surface area (TPSA) is 72.7 Å². The van der Waals surface area contributed by atoms with E-state index >= 15 is 0 Å². The number of aliphatic imine (C=N–C) groups is 1. The van der Waals surface area contributed by atoms with Crippen molar-refractivity contribution < 1.29 is 14.3 Å². The summed E-state index contributed by atoms with van der Waals surface area (Å²) < 4.78 is 7.60. The molecular weight excluding hydrogens is 466 g/mol. The van der Waals surface area contributed by atoms with Gasteiger partial charge in [-0.1, -0.05) is 34.1 Å². The van der Waals surface area contributed by atoms with E-state index in [0.717, 1.165) is 32.2 Å². The lowest BCUT2D eigenvalue weighted by atomic mass is 10.1. The van der Waals surface area contributed by atoms with E-state index in [0.29, 0.717) is 10.1 Å². The van der Waals surface area contributed by atoms with Gasteiger partial charge in [-0.3, -0.25) is 9.59 Å². The molecule has 0 spiro atoms. The van der Waals surface area contributed by atoms with E-state index in [2.05, 4.69) is 26.2 Å². The summed E-state index contributed by atoms with van der Waals surface area (Å²) in [6, 6.07) is 13.5. The van der Waals surface area contributed by atoms with E-state index in [1.165, 1.54) is 18.9 Å². The molecule has 0 radical (unpaired) electrons. The summed E-state index contributed by atoms with van der Waals surface area (Å²) in [7, 11) is 1.37. The Morgan fingerprint density at radius 1 is 1.30 bits per heavy atom. The lowest BCUT2D eigenvalue weighted by molar-refractivity contribution is -0.141. The minimum Gasteiger partial charge on any atom is -0.468 e. The Bertz CT molecular complexity index is 1230. The lowest BCUT2D eigenvalue weighted by Gasteiger charge is -2.02. The molecule has 1 aliphatic heterocycles. The molecule has 1 amide bonds. The molecule has 0 bridgehead atoms. The number of para-hydroxylation sites is 1. The molecular formula is C22H18BrN3O3S. The second-order valence-electron chi connectivity index (χ2n) is 6.72. The van der Waals surface area contributed by atoms with Gasteiger partial charge in [-0.05, 0) is 54.6 Å². The fraction of sp³-hybridized carbons (Fsp3) is 0.136. The van der Waals surface area contributed by atoms with Crippen LogP contribution in [0.4, 0.5) is 5.69 Å². The minimum atomic E-state index is -0.331. The molecule has 1 saturated heterocycles. The number of carbonyl (C=O) groups excluding carboxylic acids is 2. The molecule has 0 aliphatic carbocycles. The Morgan fingerprint density at radius 3 is 2.87 bits per heavy atom. The molecule has 1 aliphatic rings. The number of aryl methyl sites for hydroxylation is 1. The maximum atomic E-state index is 12.5. The van der Waals surface area contributed by atoms with Crippen LogP contribution < -0.4 is 5.32 Å². The van der Waals surface area contributed by atoms with Crippen LogP contribution in [0.15, 0.2) is 63.0 Å². The zero-order valence-electron chi connectivity index (χ0n) is 16.3. The molecule has 2 heterocycles. The first-order valence-electron chi connectivity index (χ1n) is 9.15. The maximum Gasteiger partial charge on any atom is 0.325 e. The van der Waals surface area contributed by atoms with Gasteiger partial charge in [0.25, 0.3) is 5.91 Å². The average Bonchev–Trinajstić information content (AvgIpc) is 3.24. The SMILES string of the molecule is COC(=O)Cn1cc(/C=C2\SC(=Nc3ccc(Br)cc3C)NC2=O)c2ccccc21. The van der Waals surface area contributed by atoms with E-state index in [1.807, 2.05) is 66.2 Å². The van der Waals surface area contributed by atoms with E-state index in [1.54, 1.807) is 0 Å². The second kappa shape index (κ2) is 8.49. The number of amides is 1. The number of amidine groups is 1. The van der Waals surface area contributed by atoms with Gasteiger partial charge in [0.15, 0.2) is 5.17 Å². The maximum absolute atomic E-state index is 12.5. The predicted octanol–water partition coefficient (Wildman–Crippen LogP) is 4.78. The smallest absolute Gasteiger partial charge is 0.325 e. The van der Waals surface area contributed by atoms with Crippen molar-refractivity contribution in [2.24, 2.45) is 4.99 Å². The fourth-order valence-electron chi connectivity index (χ4n) is 3.20. The van der Waals surface area contributed by atoms with Crippen molar-refractivity contribution in [2.75, 3.05) is 7.11 Å². The van der Waals surface area contributed by atoms with E-state index in [-0.39, 0.29) is 18.4 Å². The number of methoxy groups -OCH3 is 1. The molecule has 1 fully saturated rings. The van der Waals surface area contributed by atoms with Crippen LogP contribution in [0.2, 0.25) is 0 Å². The van der Waals surface area contributed by atoms with Crippen LogP contribution in [0.5, 0.6) is 0 Å². The molecule has 0 atom stereocenters. The van der Waals surface area contributed by atoms with Gasteiger partial charge in [-0.2, -0.15) is 0 Å². The van der Waals surface area contributed by atoms with Gasteiger partial charge >= 0.3 is 5.97 Å². The van der Waals surface area contributed by atoms with Gasteiger partial charge < -0.3 is 14.6 Å². The Kier molecular flexibility index (Phi) is 5.78. The van der Waals surface area contributed by atoms with Crippen molar-refractivity contribution in [3.05, 3.63) is 69.2 Å². The van der Waals surface area contributed by atoms with Crippen molar-refractivity contribution in [1.29, 1.82) is 0 Å². The lowest BCUT2D eigenvalue weighted by Crippen LogP contribution is -2.19. The highest BCUT2D eigenvalue weighted by Crippen LogP contribution is 2.32. The number of carbonyl (C=O) groups is 2. The molecule has 30 heavy (non-hydrogen) atoms. The number of fused-ring (bicyclic) bond motifs is 1. The first-order valence-corrected chi connectivity index (χ1v) is 10.8. The van der Waals surface area contributed by atoms with Crippen LogP contribution >= 0.6 is 27.7 Å². The highest BCUT2D eigenvalue weighted by molar-refractivity contribution is 9.10. The summed E-state index contributed by atoms with van der Waals surface area (Å²) in [6.45, 7) is 2.08. The van der Waals surface area contributed by atoms with Crippen LogP contribution in [0, 0.1) is 6.92 Å². The quantitative estimate of drug-likeness (QED) is 0.428. The van der Waals surface area contributed by atoms with E-state index < -0.39 is 0 Å². The van der Waals surface area contributed by atoms with Crippen molar-refractivity contribution in [3.63, 3.8) is 0 Å². The number of esters is 1. The number of nitrogens with one attached hydrogen (secondary N) is 1. The molecule has 4 rings (SSSR count). The van der Waals surface area contributed by atoms with E-state index in [4.69, 9.17) is 4.74 Å². The molecule has 0 unspecified atom stereocenters. The fourth-order valence-corrected chi connectivity index (χ4v) is 4.50. The summed E-state index contributed by atoms with van der Waals surface area (Å²) in [6.07, 6.45) is 3.68. The van der Waals surface area contributed by atoms with Crippen LogP contribution in [0.1, 0.15) is 11.1 Å².